The molecule has 2 aromatic rings. The highest BCUT2D eigenvalue weighted by atomic mass is 32.2. The number of benzene rings is 2. The van der Waals surface area contributed by atoms with Crippen LogP contribution in [0, 0.1) is 5.82 Å². The molecule has 0 saturated heterocycles. The number of hydrogen-bond acceptors (Lipinski definition) is 5. The Balaban J connectivity index is 2.93. The molecule has 0 saturated carbocycles. The molecule has 0 aliphatic rings. The summed E-state index contributed by atoms with van der Waals surface area (Å²) in [6, 6.07) is 6.42. The molecule has 25 heavy (non-hydrogen) atoms. The number of ether oxygens (including phenoxy) is 1. The van der Waals surface area contributed by atoms with Gasteiger partial charge < -0.3 is 4.74 Å². The number of sulfonamides is 1. The van der Waals surface area contributed by atoms with Crippen molar-refractivity contribution < 1.29 is 30.5 Å². The van der Waals surface area contributed by atoms with Crippen LogP contribution in [0.15, 0.2) is 46.2 Å². The molecule has 0 unspecified atom stereocenters. The van der Waals surface area contributed by atoms with Crippen LogP contribution in [-0.4, -0.2) is 28.0 Å². The molecule has 0 aromatic heterocycles. The van der Waals surface area contributed by atoms with Crippen LogP contribution >= 0.6 is 0 Å². The molecule has 0 radical (unpaired) electrons. The molecule has 0 spiro atoms. The topological polar surface area (TPSA) is 124 Å². The van der Waals surface area contributed by atoms with Crippen LogP contribution in [0.4, 0.5) is 4.39 Å². The van der Waals surface area contributed by atoms with Crippen molar-refractivity contribution in [3.63, 3.8) is 0 Å². The molecule has 0 aliphatic heterocycles. The molecule has 136 valence electrons. The molecule has 3 N–H and O–H groups in total. The summed E-state index contributed by atoms with van der Waals surface area (Å²) in [5.41, 5.74) is -0.594. The Morgan fingerprint density at radius 3 is 2.32 bits per heavy atom. The van der Waals surface area contributed by atoms with E-state index in [0.29, 0.717) is 6.42 Å². The van der Waals surface area contributed by atoms with Crippen LogP contribution in [0.2, 0.25) is 0 Å². The van der Waals surface area contributed by atoms with Gasteiger partial charge >= 0.3 is 0 Å². The van der Waals surface area contributed by atoms with E-state index in [1.807, 2.05) is 6.92 Å². The van der Waals surface area contributed by atoms with Crippen molar-refractivity contribution in [3.8, 4) is 16.9 Å². The van der Waals surface area contributed by atoms with E-state index >= 15 is 0 Å². The highest BCUT2D eigenvalue weighted by molar-refractivity contribution is 7.89. The predicted octanol–water partition coefficient (Wildman–Crippen LogP) is 2.18. The van der Waals surface area contributed by atoms with Crippen molar-refractivity contribution in [2.75, 3.05) is 6.61 Å². The maximum Gasteiger partial charge on any atom is 0.295 e. The minimum atomic E-state index is -4.81. The maximum absolute atomic E-state index is 13.8. The number of primary sulfonamides is 1. The Hall–Kier alpha value is -2.01. The van der Waals surface area contributed by atoms with E-state index in [2.05, 4.69) is 0 Å². The van der Waals surface area contributed by atoms with Gasteiger partial charge in [0.1, 0.15) is 16.5 Å². The van der Waals surface area contributed by atoms with Crippen LogP contribution in [0.3, 0.4) is 0 Å². The van der Waals surface area contributed by atoms with Gasteiger partial charge in [-0.05, 0) is 36.8 Å². The lowest BCUT2D eigenvalue weighted by molar-refractivity contribution is 0.318. The van der Waals surface area contributed by atoms with Gasteiger partial charge in [-0.3, -0.25) is 4.55 Å². The third kappa shape index (κ3) is 4.34. The molecular weight excluding hydrogens is 373 g/mol. The van der Waals surface area contributed by atoms with Gasteiger partial charge in [-0.2, -0.15) is 8.42 Å². The molecule has 0 bridgehead atoms. The highest BCUT2D eigenvalue weighted by Gasteiger charge is 2.27. The zero-order valence-electron chi connectivity index (χ0n) is 13.1. The summed E-state index contributed by atoms with van der Waals surface area (Å²) in [5, 5.41) is 5.16. The third-order valence-corrected chi connectivity index (χ3v) is 5.09. The first-order valence-electron chi connectivity index (χ1n) is 7.11. The van der Waals surface area contributed by atoms with Crippen LogP contribution in [0.25, 0.3) is 11.1 Å². The van der Waals surface area contributed by atoms with Crippen LogP contribution in [0.1, 0.15) is 13.3 Å². The fourth-order valence-corrected chi connectivity index (χ4v) is 3.83. The van der Waals surface area contributed by atoms with E-state index in [1.54, 1.807) is 0 Å². The molecule has 0 atom stereocenters. The Morgan fingerprint density at radius 2 is 1.76 bits per heavy atom. The molecule has 0 heterocycles. The van der Waals surface area contributed by atoms with Crippen LogP contribution < -0.4 is 9.88 Å². The van der Waals surface area contributed by atoms with Crippen molar-refractivity contribution in [2.45, 2.75) is 23.1 Å². The summed E-state index contributed by atoms with van der Waals surface area (Å²) >= 11 is 0. The van der Waals surface area contributed by atoms with Crippen molar-refractivity contribution in [1.29, 1.82) is 0 Å². The standard InChI is InChI=1S/C15H16FNO6S2/c1-2-8-23-12-7-6-10(16)9-11(12)15-13(24(17,18)19)4-3-5-14(15)25(20,21)22/h3-7,9H,2,8H2,1H3,(H2,17,18,19)(H,20,21,22). The molecule has 0 fully saturated rings. The summed E-state index contributed by atoms with van der Waals surface area (Å²) in [4.78, 5) is -1.29. The minimum absolute atomic E-state index is 0.0595. The molecule has 10 heteroatoms. The lowest BCUT2D eigenvalue weighted by atomic mass is 10.0. The van der Waals surface area contributed by atoms with Crippen molar-refractivity contribution >= 4 is 20.1 Å². The van der Waals surface area contributed by atoms with E-state index in [-0.39, 0.29) is 17.9 Å². The Morgan fingerprint density at radius 1 is 1.12 bits per heavy atom. The quantitative estimate of drug-likeness (QED) is 0.730. The van der Waals surface area contributed by atoms with E-state index in [0.717, 1.165) is 30.3 Å². The van der Waals surface area contributed by atoms with Gasteiger partial charge in [-0.25, -0.2) is 17.9 Å². The molecule has 0 amide bonds. The minimum Gasteiger partial charge on any atom is -0.493 e. The van der Waals surface area contributed by atoms with Gasteiger partial charge in [0.2, 0.25) is 10.0 Å². The fourth-order valence-electron chi connectivity index (χ4n) is 2.26. The van der Waals surface area contributed by atoms with E-state index in [1.165, 1.54) is 6.07 Å². The third-order valence-electron chi connectivity index (χ3n) is 3.25. The SMILES string of the molecule is CCCOc1ccc(F)cc1-c1c(S(N)(=O)=O)cccc1S(=O)(=O)O. The van der Waals surface area contributed by atoms with Gasteiger partial charge in [0, 0.05) is 11.1 Å². The monoisotopic (exact) mass is 389 g/mol. The van der Waals surface area contributed by atoms with Crippen molar-refractivity contribution in [1.82, 2.24) is 0 Å². The van der Waals surface area contributed by atoms with E-state index in [9.17, 15) is 25.8 Å². The van der Waals surface area contributed by atoms with Gasteiger partial charge in [0.25, 0.3) is 10.1 Å². The smallest absolute Gasteiger partial charge is 0.295 e. The number of halogens is 1. The van der Waals surface area contributed by atoms with E-state index < -0.39 is 41.3 Å². The number of hydrogen-bond donors (Lipinski definition) is 2. The van der Waals surface area contributed by atoms with Gasteiger partial charge in [-0.15, -0.1) is 0 Å². The first kappa shape index (κ1) is 19.3. The largest absolute Gasteiger partial charge is 0.493 e. The second-order valence-corrected chi connectivity index (χ2v) is 8.06. The Bertz CT molecular complexity index is 952. The van der Waals surface area contributed by atoms with Gasteiger partial charge in [0.15, 0.2) is 0 Å². The number of rotatable bonds is 6. The van der Waals surface area contributed by atoms with Crippen molar-refractivity contribution in [3.05, 3.63) is 42.2 Å². The Labute approximate surface area is 145 Å². The Kier molecular flexibility index (Phi) is 5.47. The van der Waals surface area contributed by atoms with Crippen LogP contribution in [-0.2, 0) is 20.1 Å². The second kappa shape index (κ2) is 7.08. The molecule has 2 rings (SSSR count). The molecular formula is C15H16FNO6S2. The lowest BCUT2D eigenvalue weighted by Gasteiger charge is -2.16. The summed E-state index contributed by atoms with van der Waals surface area (Å²) in [7, 11) is -9.18. The maximum atomic E-state index is 13.8. The van der Waals surface area contributed by atoms with Gasteiger partial charge in [0.05, 0.1) is 11.5 Å². The summed E-state index contributed by atoms with van der Waals surface area (Å²) in [5.74, 6) is -0.686. The predicted molar refractivity (Wildman–Crippen MR) is 88.8 cm³/mol. The molecule has 2 aromatic carbocycles. The summed E-state index contributed by atoms with van der Waals surface area (Å²) < 4.78 is 75.8. The first-order valence-corrected chi connectivity index (χ1v) is 10.1. The highest BCUT2D eigenvalue weighted by Crippen LogP contribution is 2.39. The number of nitrogens with two attached hydrogens (primary N) is 1. The lowest BCUT2D eigenvalue weighted by Crippen LogP contribution is -2.15. The molecule has 7 nitrogen and oxygen atoms in total. The van der Waals surface area contributed by atoms with Gasteiger partial charge in [-0.1, -0.05) is 13.0 Å². The molecule has 0 aliphatic carbocycles. The summed E-state index contributed by atoms with van der Waals surface area (Å²) in [6.45, 7) is 2.06. The first-order chi connectivity index (χ1) is 11.6. The average molecular weight is 389 g/mol. The normalized spacial score (nSPS) is 12.2. The van der Waals surface area contributed by atoms with Crippen molar-refractivity contribution in [2.24, 2.45) is 5.14 Å². The zero-order valence-corrected chi connectivity index (χ0v) is 14.8. The second-order valence-electron chi connectivity index (χ2n) is 5.14. The van der Waals surface area contributed by atoms with E-state index in [4.69, 9.17) is 9.88 Å². The average Bonchev–Trinajstić information content (AvgIpc) is 2.51. The summed E-state index contributed by atoms with van der Waals surface area (Å²) in [6.07, 6.45) is 0.610. The fraction of sp³-hybridized carbons (Fsp3) is 0.200. The zero-order chi connectivity index (χ0) is 18.8. The van der Waals surface area contributed by atoms with Crippen LogP contribution in [0.5, 0.6) is 5.75 Å².